The monoisotopic (exact) mass is 200 g/mol. The highest BCUT2D eigenvalue weighted by atomic mass is 35.5. The summed E-state index contributed by atoms with van der Waals surface area (Å²) in [5.41, 5.74) is 0. The van der Waals surface area contributed by atoms with Crippen molar-refractivity contribution in [3.8, 4) is 0 Å². The molecule has 3 heteroatoms. The van der Waals surface area contributed by atoms with Crippen molar-refractivity contribution < 1.29 is 0 Å². The lowest BCUT2D eigenvalue weighted by Gasteiger charge is -2.36. The van der Waals surface area contributed by atoms with Gasteiger partial charge in [0.1, 0.15) is 0 Å². The van der Waals surface area contributed by atoms with Gasteiger partial charge in [-0.15, -0.1) is 0 Å². The molecule has 0 spiro atoms. The third-order valence-electron chi connectivity index (χ3n) is 3.17. The molecule has 2 fully saturated rings. The van der Waals surface area contributed by atoms with Gasteiger partial charge in [-0.05, 0) is 31.8 Å². The second-order valence-electron chi connectivity index (χ2n) is 4.12. The Hall–Kier alpha value is -0.0500. The maximum atomic E-state index is 5.84. The van der Waals surface area contributed by atoms with E-state index in [9.17, 15) is 0 Å². The quantitative estimate of drug-likeness (QED) is 0.726. The Morgan fingerprint density at radius 2 is 2.38 bits per heavy atom. The van der Waals surface area contributed by atoms with Crippen LogP contribution in [0, 0.1) is 5.92 Å². The average molecular weight is 201 g/mol. The fraction of sp³-hybridized carbons (Fsp3) is 0.800. The van der Waals surface area contributed by atoms with Crippen molar-refractivity contribution in [1.29, 1.82) is 0 Å². The molecular formula is C10H17ClN2. The number of hydrogen-bond donors (Lipinski definition) is 1. The number of halogens is 1. The van der Waals surface area contributed by atoms with E-state index in [-0.39, 0.29) is 0 Å². The van der Waals surface area contributed by atoms with Crippen molar-refractivity contribution in [3.63, 3.8) is 0 Å². The third kappa shape index (κ3) is 2.06. The van der Waals surface area contributed by atoms with Gasteiger partial charge in [-0.1, -0.05) is 18.2 Å². The Morgan fingerprint density at radius 3 is 3.15 bits per heavy atom. The minimum absolute atomic E-state index is 0.712. The van der Waals surface area contributed by atoms with Crippen LogP contribution in [0.25, 0.3) is 0 Å². The summed E-state index contributed by atoms with van der Waals surface area (Å²) < 4.78 is 0. The zero-order valence-electron chi connectivity index (χ0n) is 7.93. The van der Waals surface area contributed by atoms with Crippen LogP contribution in [0.15, 0.2) is 11.6 Å². The second kappa shape index (κ2) is 3.99. The van der Waals surface area contributed by atoms with Crippen LogP contribution in [0.2, 0.25) is 0 Å². The highest BCUT2D eigenvalue weighted by Gasteiger charge is 2.34. The molecule has 2 rings (SSSR count). The number of nitrogens with zero attached hydrogens (tertiary/aromatic N) is 1. The van der Waals surface area contributed by atoms with Crippen LogP contribution in [0.1, 0.15) is 12.8 Å². The molecule has 1 N–H and O–H groups in total. The number of rotatable bonds is 2. The van der Waals surface area contributed by atoms with E-state index in [1.165, 1.54) is 25.9 Å². The van der Waals surface area contributed by atoms with E-state index < -0.39 is 0 Å². The molecule has 74 valence electrons. The number of hydrogen-bond acceptors (Lipinski definition) is 2. The summed E-state index contributed by atoms with van der Waals surface area (Å²) in [5.74, 6) is 0.852. The molecule has 0 aromatic heterocycles. The van der Waals surface area contributed by atoms with E-state index >= 15 is 0 Å². The summed E-state index contributed by atoms with van der Waals surface area (Å²) in [5, 5.41) is 4.22. The molecule has 0 aromatic rings. The van der Waals surface area contributed by atoms with Gasteiger partial charge < -0.3 is 5.32 Å². The number of fused-ring (bicyclic) bond motifs is 1. The Balaban J connectivity index is 1.97. The van der Waals surface area contributed by atoms with Gasteiger partial charge in [0.2, 0.25) is 0 Å². The molecule has 0 radical (unpaired) electrons. The zero-order chi connectivity index (χ0) is 9.26. The van der Waals surface area contributed by atoms with Crippen molar-refractivity contribution >= 4 is 11.6 Å². The van der Waals surface area contributed by atoms with Crippen molar-refractivity contribution in [1.82, 2.24) is 10.2 Å². The van der Waals surface area contributed by atoms with Crippen molar-refractivity contribution in [2.75, 3.05) is 26.2 Å². The summed E-state index contributed by atoms with van der Waals surface area (Å²) in [6.45, 7) is 8.15. The highest BCUT2D eigenvalue weighted by Crippen LogP contribution is 2.26. The molecule has 0 unspecified atom stereocenters. The molecule has 0 aromatic carbocycles. The Bertz CT molecular complexity index is 205. The fourth-order valence-electron chi connectivity index (χ4n) is 2.58. The molecule has 0 saturated carbocycles. The van der Waals surface area contributed by atoms with Crippen LogP contribution in [-0.2, 0) is 0 Å². The van der Waals surface area contributed by atoms with Gasteiger partial charge in [-0.3, -0.25) is 4.90 Å². The fourth-order valence-corrected chi connectivity index (χ4v) is 2.73. The van der Waals surface area contributed by atoms with Gasteiger partial charge in [0.25, 0.3) is 0 Å². The molecule has 2 aliphatic rings. The Labute approximate surface area is 84.9 Å². The maximum absolute atomic E-state index is 5.84. The SMILES string of the molecule is C=C(Cl)CN1CCC[C@@H]2CNC[C@@H]21. The predicted molar refractivity (Wildman–Crippen MR) is 55.9 cm³/mol. The van der Waals surface area contributed by atoms with Crippen molar-refractivity contribution in [2.45, 2.75) is 18.9 Å². The Morgan fingerprint density at radius 1 is 1.54 bits per heavy atom. The molecule has 2 aliphatic heterocycles. The summed E-state index contributed by atoms with van der Waals surface area (Å²) >= 11 is 5.84. The van der Waals surface area contributed by atoms with Gasteiger partial charge in [-0.25, -0.2) is 0 Å². The topological polar surface area (TPSA) is 15.3 Å². The van der Waals surface area contributed by atoms with Crippen LogP contribution in [0.4, 0.5) is 0 Å². The van der Waals surface area contributed by atoms with Gasteiger partial charge in [-0.2, -0.15) is 0 Å². The smallest absolute Gasteiger partial charge is 0.0339 e. The van der Waals surface area contributed by atoms with Crippen LogP contribution >= 0.6 is 11.6 Å². The largest absolute Gasteiger partial charge is 0.315 e. The first-order valence-electron chi connectivity index (χ1n) is 5.05. The van der Waals surface area contributed by atoms with E-state index in [4.69, 9.17) is 11.6 Å². The minimum atomic E-state index is 0.712. The first kappa shape index (κ1) is 9.50. The van der Waals surface area contributed by atoms with E-state index in [1.807, 2.05) is 0 Å². The second-order valence-corrected chi connectivity index (χ2v) is 4.65. The summed E-state index contributed by atoms with van der Waals surface area (Å²) in [4.78, 5) is 2.48. The van der Waals surface area contributed by atoms with E-state index in [0.29, 0.717) is 6.04 Å². The van der Waals surface area contributed by atoms with Gasteiger partial charge in [0, 0.05) is 24.2 Å². The summed E-state index contributed by atoms with van der Waals surface area (Å²) in [6.07, 6.45) is 2.69. The van der Waals surface area contributed by atoms with Crippen molar-refractivity contribution in [3.05, 3.63) is 11.6 Å². The first-order chi connectivity index (χ1) is 6.27. The van der Waals surface area contributed by atoms with Crippen LogP contribution in [0.5, 0.6) is 0 Å². The highest BCUT2D eigenvalue weighted by molar-refractivity contribution is 6.29. The lowest BCUT2D eigenvalue weighted by atomic mass is 9.92. The predicted octanol–water partition coefficient (Wildman–Crippen LogP) is 1.42. The summed E-state index contributed by atoms with van der Waals surface area (Å²) in [7, 11) is 0. The molecule has 0 bridgehead atoms. The normalized spacial score (nSPS) is 34.5. The number of piperidine rings is 1. The summed E-state index contributed by atoms with van der Waals surface area (Å²) in [6, 6.07) is 0.712. The molecule has 2 saturated heterocycles. The van der Waals surface area contributed by atoms with E-state index in [0.717, 1.165) is 24.0 Å². The molecule has 2 atom stereocenters. The lowest BCUT2D eigenvalue weighted by Crippen LogP contribution is -2.45. The number of likely N-dealkylation sites (tertiary alicyclic amines) is 1. The molecule has 2 nitrogen and oxygen atoms in total. The lowest BCUT2D eigenvalue weighted by molar-refractivity contribution is 0.139. The van der Waals surface area contributed by atoms with Gasteiger partial charge >= 0.3 is 0 Å². The van der Waals surface area contributed by atoms with Crippen LogP contribution < -0.4 is 5.32 Å². The molecule has 13 heavy (non-hydrogen) atoms. The molecule has 0 amide bonds. The average Bonchev–Trinajstić information content (AvgIpc) is 2.51. The molecule has 2 heterocycles. The standard InChI is InChI=1S/C10H17ClN2/c1-8(11)7-13-4-2-3-9-5-12-6-10(9)13/h9-10,12H,1-7H2/t9-,10+/m1/s1. The third-order valence-corrected chi connectivity index (χ3v) is 3.29. The van der Waals surface area contributed by atoms with Crippen molar-refractivity contribution in [2.24, 2.45) is 5.92 Å². The van der Waals surface area contributed by atoms with Gasteiger partial charge in [0.05, 0.1) is 0 Å². The zero-order valence-corrected chi connectivity index (χ0v) is 8.69. The van der Waals surface area contributed by atoms with Gasteiger partial charge in [0.15, 0.2) is 0 Å². The first-order valence-corrected chi connectivity index (χ1v) is 5.43. The molecular weight excluding hydrogens is 184 g/mol. The van der Waals surface area contributed by atoms with Crippen LogP contribution in [-0.4, -0.2) is 37.1 Å². The molecule has 0 aliphatic carbocycles. The Kier molecular flexibility index (Phi) is 2.92. The van der Waals surface area contributed by atoms with E-state index in [1.54, 1.807) is 0 Å². The van der Waals surface area contributed by atoms with E-state index in [2.05, 4.69) is 16.8 Å². The van der Waals surface area contributed by atoms with Crippen LogP contribution in [0.3, 0.4) is 0 Å². The maximum Gasteiger partial charge on any atom is 0.0339 e. The number of nitrogens with one attached hydrogen (secondary N) is 1. The minimum Gasteiger partial charge on any atom is -0.315 e.